The summed E-state index contributed by atoms with van der Waals surface area (Å²) < 4.78 is 0. The van der Waals surface area contributed by atoms with Crippen molar-refractivity contribution in [1.29, 1.82) is 0 Å². The van der Waals surface area contributed by atoms with E-state index in [1.54, 1.807) is 0 Å². The predicted molar refractivity (Wildman–Crippen MR) is 78.3 cm³/mol. The highest BCUT2D eigenvalue weighted by atomic mass is 15.1. The minimum atomic E-state index is 0.211. The van der Waals surface area contributed by atoms with Gasteiger partial charge in [-0.15, -0.1) is 0 Å². The molecule has 18 heavy (non-hydrogen) atoms. The van der Waals surface area contributed by atoms with Gasteiger partial charge in [-0.25, -0.2) is 0 Å². The fourth-order valence-electron chi connectivity index (χ4n) is 2.03. The summed E-state index contributed by atoms with van der Waals surface area (Å²) in [6.07, 6.45) is 0.926. The fraction of sp³-hybridized carbons (Fsp3) is 0.250. The molecule has 0 aliphatic rings. The molecule has 0 heterocycles. The van der Waals surface area contributed by atoms with Crippen LogP contribution in [0.4, 0.5) is 11.4 Å². The van der Waals surface area contributed by atoms with Crippen molar-refractivity contribution >= 4 is 11.4 Å². The van der Waals surface area contributed by atoms with E-state index in [0.717, 1.165) is 6.42 Å². The molecule has 1 atom stereocenters. The van der Waals surface area contributed by atoms with Crippen molar-refractivity contribution < 1.29 is 0 Å². The van der Waals surface area contributed by atoms with Crippen LogP contribution in [0.2, 0.25) is 0 Å². The van der Waals surface area contributed by atoms with Gasteiger partial charge in [0.2, 0.25) is 0 Å². The monoisotopic (exact) mass is 240 g/mol. The van der Waals surface area contributed by atoms with E-state index in [1.165, 1.54) is 16.9 Å². The number of anilines is 2. The van der Waals surface area contributed by atoms with E-state index in [1.807, 2.05) is 13.0 Å². The second kappa shape index (κ2) is 5.69. The second-order valence-electron chi connectivity index (χ2n) is 4.74. The zero-order valence-corrected chi connectivity index (χ0v) is 11.0. The summed E-state index contributed by atoms with van der Waals surface area (Å²) in [6, 6.07) is 19.1. The van der Waals surface area contributed by atoms with Crippen LogP contribution >= 0.6 is 0 Å². The van der Waals surface area contributed by atoms with Crippen molar-refractivity contribution in [3.63, 3.8) is 0 Å². The molecule has 0 radical (unpaired) electrons. The van der Waals surface area contributed by atoms with Crippen LogP contribution < -0.4 is 10.6 Å². The summed E-state index contributed by atoms with van der Waals surface area (Å²) in [4.78, 5) is 2.18. The van der Waals surface area contributed by atoms with Crippen molar-refractivity contribution in [3.05, 3.63) is 60.2 Å². The topological polar surface area (TPSA) is 29.3 Å². The van der Waals surface area contributed by atoms with Gasteiger partial charge in [0.05, 0.1) is 0 Å². The summed E-state index contributed by atoms with van der Waals surface area (Å²) in [5.74, 6) is 0. The lowest BCUT2D eigenvalue weighted by atomic mass is 10.1. The lowest BCUT2D eigenvalue weighted by Gasteiger charge is -2.19. The first-order valence-electron chi connectivity index (χ1n) is 6.30. The van der Waals surface area contributed by atoms with Gasteiger partial charge in [0.25, 0.3) is 0 Å². The molecule has 1 unspecified atom stereocenters. The Kier molecular flexibility index (Phi) is 4.00. The number of benzene rings is 2. The van der Waals surface area contributed by atoms with Crippen molar-refractivity contribution in [2.75, 3.05) is 11.9 Å². The van der Waals surface area contributed by atoms with Crippen LogP contribution in [0, 0.1) is 0 Å². The number of hydrogen-bond acceptors (Lipinski definition) is 2. The molecule has 0 spiro atoms. The quantitative estimate of drug-likeness (QED) is 0.888. The zero-order chi connectivity index (χ0) is 13.0. The largest absolute Gasteiger partial charge is 0.345 e. The van der Waals surface area contributed by atoms with Crippen LogP contribution in [-0.4, -0.2) is 13.1 Å². The van der Waals surface area contributed by atoms with E-state index in [2.05, 4.69) is 60.5 Å². The fourth-order valence-corrected chi connectivity index (χ4v) is 2.03. The lowest BCUT2D eigenvalue weighted by molar-refractivity contribution is 0.738. The minimum absolute atomic E-state index is 0.211. The molecule has 2 aromatic rings. The first-order chi connectivity index (χ1) is 8.66. The van der Waals surface area contributed by atoms with Crippen molar-refractivity contribution in [2.24, 2.45) is 5.73 Å². The molecule has 0 saturated heterocycles. The third-order valence-electron chi connectivity index (χ3n) is 3.02. The molecular formula is C16H20N2. The average molecular weight is 240 g/mol. The van der Waals surface area contributed by atoms with Crippen LogP contribution in [0.25, 0.3) is 0 Å². The maximum absolute atomic E-state index is 5.80. The number of para-hydroxylation sites is 1. The highest BCUT2D eigenvalue weighted by Crippen LogP contribution is 2.23. The standard InChI is InChI=1S/C16H20N2/c1-13(17)12-14-8-10-16(11-9-14)18(2)15-6-4-3-5-7-15/h3-11,13H,12,17H2,1-2H3. The third kappa shape index (κ3) is 3.11. The Morgan fingerprint density at radius 1 is 0.944 bits per heavy atom. The van der Waals surface area contributed by atoms with Crippen molar-refractivity contribution in [3.8, 4) is 0 Å². The highest BCUT2D eigenvalue weighted by Gasteiger charge is 2.03. The molecule has 0 aliphatic heterocycles. The summed E-state index contributed by atoms with van der Waals surface area (Å²) in [6.45, 7) is 2.03. The van der Waals surface area contributed by atoms with Crippen molar-refractivity contribution in [1.82, 2.24) is 0 Å². The van der Waals surface area contributed by atoms with Crippen LogP contribution in [0.1, 0.15) is 12.5 Å². The van der Waals surface area contributed by atoms with Gasteiger partial charge in [-0.2, -0.15) is 0 Å². The van der Waals surface area contributed by atoms with Gasteiger partial charge in [0.1, 0.15) is 0 Å². The number of nitrogens with zero attached hydrogens (tertiary/aromatic N) is 1. The molecule has 0 saturated carbocycles. The van der Waals surface area contributed by atoms with Gasteiger partial charge < -0.3 is 10.6 Å². The first kappa shape index (κ1) is 12.7. The van der Waals surface area contributed by atoms with Gasteiger partial charge in [-0.05, 0) is 43.2 Å². The molecule has 2 N–H and O–H groups in total. The smallest absolute Gasteiger partial charge is 0.0408 e. The Balaban J connectivity index is 2.14. The van der Waals surface area contributed by atoms with Gasteiger partial charge in [0.15, 0.2) is 0 Å². The van der Waals surface area contributed by atoms with Gasteiger partial charge in [-0.3, -0.25) is 0 Å². The van der Waals surface area contributed by atoms with E-state index < -0.39 is 0 Å². The van der Waals surface area contributed by atoms with Gasteiger partial charge >= 0.3 is 0 Å². The summed E-state index contributed by atoms with van der Waals surface area (Å²) in [7, 11) is 2.08. The van der Waals surface area contributed by atoms with E-state index in [4.69, 9.17) is 5.73 Å². The zero-order valence-electron chi connectivity index (χ0n) is 11.0. The molecule has 2 rings (SSSR count). The van der Waals surface area contributed by atoms with Gasteiger partial charge in [0, 0.05) is 24.5 Å². The highest BCUT2D eigenvalue weighted by molar-refractivity contribution is 5.62. The van der Waals surface area contributed by atoms with Crippen LogP contribution in [0.3, 0.4) is 0 Å². The predicted octanol–water partition coefficient (Wildman–Crippen LogP) is 3.34. The van der Waals surface area contributed by atoms with Gasteiger partial charge in [-0.1, -0.05) is 30.3 Å². The molecule has 0 amide bonds. The number of rotatable bonds is 4. The Bertz CT molecular complexity index is 474. The average Bonchev–Trinajstić information content (AvgIpc) is 2.39. The molecule has 2 nitrogen and oxygen atoms in total. The summed E-state index contributed by atoms with van der Waals surface area (Å²) in [5.41, 5.74) is 9.47. The third-order valence-corrected chi connectivity index (χ3v) is 3.02. The second-order valence-corrected chi connectivity index (χ2v) is 4.74. The van der Waals surface area contributed by atoms with Crippen LogP contribution in [0.5, 0.6) is 0 Å². The number of nitrogens with two attached hydrogens (primary N) is 1. The molecule has 2 aromatic carbocycles. The minimum Gasteiger partial charge on any atom is -0.345 e. The molecular weight excluding hydrogens is 220 g/mol. The molecule has 0 aromatic heterocycles. The Hall–Kier alpha value is -1.80. The molecule has 0 bridgehead atoms. The maximum atomic E-state index is 5.80. The van der Waals surface area contributed by atoms with E-state index in [0.29, 0.717) is 0 Å². The lowest BCUT2D eigenvalue weighted by Crippen LogP contribution is -2.17. The SMILES string of the molecule is CC(N)Cc1ccc(N(C)c2ccccc2)cc1. The normalized spacial score (nSPS) is 12.2. The van der Waals surface area contributed by atoms with Crippen LogP contribution in [0.15, 0.2) is 54.6 Å². The summed E-state index contributed by atoms with van der Waals surface area (Å²) in [5, 5.41) is 0. The Morgan fingerprint density at radius 3 is 2.06 bits per heavy atom. The molecule has 0 aliphatic carbocycles. The Morgan fingerprint density at radius 2 is 1.50 bits per heavy atom. The van der Waals surface area contributed by atoms with E-state index in [9.17, 15) is 0 Å². The maximum Gasteiger partial charge on any atom is 0.0408 e. The Labute approximate surface area is 109 Å². The van der Waals surface area contributed by atoms with Crippen molar-refractivity contribution in [2.45, 2.75) is 19.4 Å². The van der Waals surface area contributed by atoms with E-state index >= 15 is 0 Å². The molecule has 2 heteroatoms. The first-order valence-corrected chi connectivity index (χ1v) is 6.30. The van der Waals surface area contributed by atoms with Crippen LogP contribution in [-0.2, 0) is 6.42 Å². The number of hydrogen-bond donors (Lipinski definition) is 1. The summed E-state index contributed by atoms with van der Waals surface area (Å²) >= 11 is 0. The van der Waals surface area contributed by atoms with E-state index in [-0.39, 0.29) is 6.04 Å². The molecule has 94 valence electrons. The molecule has 0 fully saturated rings.